The zero-order valence-electron chi connectivity index (χ0n) is 16.6. The summed E-state index contributed by atoms with van der Waals surface area (Å²) in [6, 6.07) is 9.31. The van der Waals surface area contributed by atoms with Crippen LogP contribution in [0.1, 0.15) is 39.5 Å². The predicted octanol–water partition coefficient (Wildman–Crippen LogP) is 5.05. The zero-order valence-corrected chi connectivity index (χ0v) is 18.9. The molecule has 0 saturated carbocycles. The summed E-state index contributed by atoms with van der Waals surface area (Å²) >= 11 is 14.3. The van der Waals surface area contributed by atoms with Crippen molar-refractivity contribution in [2.75, 3.05) is 19.7 Å². The molecule has 5 rings (SSSR count). The lowest BCUT2D eigenvalue weighted by Crippen LogP contribution is -2.40. The van der Waals surface area contributed by atoms with Crippen LogP contribution in [0.5, 0.6) is 0 Å². The smallest absolute Gasteiger partial charge is 0.286 e. The molecule has 1 aromatic carbocycles. The summed E-state index contributed by atoms with van der Waals surface area (Å²) in [5.74, 6) is -0.233. The first-order valence-corrected chi connectivity index (χ1v) is 11.7. The van der Waals surface area contributed by atoms with E-state index in [2.05, 4.69) is 11.5 Å². The van der Waals surface area contributed by atoms with Gasteiger partial charge in [0.15, 0.2) is 5.69 Å². The third kappa shape index (κ3) is 4.16. The molecule has 0 unspecified atom stereocenters. The fraction of sp³-hybridized carbons (Fsp3) is 0.273. The fourth-order valence-electron chi connectivity index (χ4n) is 3.94. The molecule has 1 saturated heterocycles. The fourth-order valence-corrected chi connectivity index (χ4v) is 5.11. The van der Waals surface area contributed by atoms with Gasteiger partial charge in [-0.05, 0) is 48.6 Å². The molecule has 2 aliphatic rings. The maximum Gasteiger partial charge on any atom is 0.286 e. The minimum Gasteiger partial charge on any atom is -0.372 e. The molecule has 31 heavy (non-hydrogen) atoms. The summed E-state index contributed by atoms with van der Waals surface area (Å²) in [6.45, 7) is 2.43. The lowest BCUT2D eigenvalue weighted by Gasteiger charge is -2.19. The number of carbonyl (C=O) groups excluding carboxylic acids is 1. The van der Waals surface area contributed by atoms with Gasteiger partial charge >= 0.3 is 0 Å². The van der Waals surface area contributed by atoms with Crippen molar-refractivity contribution in [2.45, 2.75) is 19.4 Å². The molecule has 1 amide bonds. The Balaban J connectivity index is 1.64. The molecule has 6 nitrogen and oxygen atoms in total. The van der Waals surface area contributed by atoms with E-state index in [-0.39, 0.29) is 5.91 Å². The van der Waals surface area contributed by atoms with Gasteiger partial charge in [-0.2, -0.15) is 5.10 Å². The van der Waals surface area contributed by atoms with Crippen LogP contribution in [-0.4, -0.2) is 40.4 Å². The first-order valence-electron chi connectivity index (χ1n) is 10.1. The number of benzene rings is 1. The molecule has 0 radical (unpaired) electrons. The number of carbonyl (C=O) groups is 1. The highest BCUT2D eigenvalue weighted by molar-refractivity contribution is 7.10. The van der Waals surface area contributed by atoms with E-state index in [0.717, 1.165) is 47.6 Å². The lowest BCUT2D eigenvalue weighted by atomic mass is 10.0. The molecule has 160 valence electrons. The number of aromatic nitrogens is 2. The van der Waals surface area contributed by atoms with Crippen molar-refractivity contribution in [3.63, 3.8) is 0 Å². The summed E-state index contributed by atoms with van der Waals surface area (Å²) < 4.78 is 7.60. The molecule has 0 bridgehead atoms. The largest absolute Gasteiger partial charge is 0.372 e. The van der Waals surface area contributed by atoms with Crippen LogP contribution in [-0.2, 0) is 11.3 Å². The van der Waals surface area contributed by atoms with Gasteiger partial charge in [0.2, 0.25) is 0 Å². The Bertz CT molecular complexity index is 1150. The van der Waals surface area contributed by atoms with Crippen molar-refractivity contribution in [3.8, 4) is 5.69 Å². The monoisotopic (exact) mass is 474 g/mol. The number of hydrazine groups is 1. The van der Waals surface area contributed by atoms with Crippen LogP contribution in [0.2, 0.25) is 10.0 Å². The molecule has 1 fully saturated rings. The second kappa shape index (κ2) is 8.76. The quantitative estimate of drug-likeness (QED) is 0.574. The Morgan fingerprint density at radius 1 is 1.19 bits per heavy atom. The van der Waals surface area contributed by atoms with Crippen LogP contribution in [0.3, 0.4) is 0 Å². The van der Waals surface area contributed by atoms with Crippen LogP contribution < -0.4 is 5.43 Å². The molecule has 4 heterocycles. The number of fused-ring (bicyclic) bond motifs is 1. The maximum absolute atomic E-state index is 13.1. The molecular weight excluding hydrogens is 455 g/mol. The molecule has 1 N–H and O–H groups in total. The summed E-state index contributed by atoms with van der Waals surface area (Å²) in [4.78, 5) is 14.2. The summed E-state index contributed by atoms with van der Waals surface area (Å²) in [6.07, 6.45) is 4.22. The van der Waals surface area contributed by atoms with Gasteiger partial charge in [-0.15, -0.1) is 11.3 Å². The van der Waals surface area contributed by atoms with Gasteiger partial charge in [-0.25, -0.2) is 9.69 Å². The SMILES string of the molecule is O=C(NN1CCCC1)c1nn(-c2ccc(Cl)cc2Cl)c2c1COC/C2=C\c1cccs1. The Hall–Kier alpha value is -2.16. The summed E-state index contributed by atoms with van der Waals surface area (Å²) in [5.41, 5.74) is 6.56. The van der Waals surface area contributed by atoms with E-state index in [9.17, 15) is 4.79 Å². The van der Waals surface area contributed by atoms with Crippen LogP contribution in [0, 0.1) is 0 Å². The Morgan fingerprint density at radius 3 is 2.77 bits per heavy atom. The van der Waals surface area contributed by atoms with Crippen LogP contribution in [0.4, 0.5) is 0 Å². The predicted molar refractivity (Wildman–Crippen MR) is 124 cm³/mol. The van der Waals surface area contributed by atoms with E-state index < -0.39 is 0 Å². The molecule has 9 heteroatoms. The van der Waals surface area contributed by atoms with Gasteiger partial charge in [0.1, 0.15) is 0 Å². The molecule has 0 aliphatic carbocycles. The zero-order chi connectivity index (χ0) is 21.4. The van der Waals surface area contributed by atoms with Crippen molar-refractivity contribution < 1.29 is 9.53 Å². The Kier molecular flexibility index (Phi) is 5.86. The number of thiophene rings is 1. The second-order valence-electron chi connectivity index (χ2n) is 7.50. The van der Waals surface area contributed by atoms with Crippen LogP contribution >= 0.6 is 34.5 Å². The molecule has 0 spiro atoms. The van der Waals surface area contributed by atoms with Gasteiger partial charge in [-0.3, -0.25) is 10.2 Å². The Morgan fingerprint density at radius 2 is 2.03 bits per heavy atom. The second-order valence-corrected chi connectivity index (χ2v) is 9.32. The Labute approximate surface area is 194 Å². The first kappa shape index (κ1) is 20.7. The summed E-state index contributed by atoms with van der Waals surface area (Å²) in [5, 5.41) is 9.68. The topological polar surface area (TPSA) is 59.4 Å². The van der Waals surface area contributed by atoms with Crippen molar-refractivity contribution in [3.05, 3.63) is 67.6 Å². The van der Waals surface area contributed by atoms with Crippen LogP contribution in [0.15, 0.2) is 35.7 Å². The number of halogens is 2. The highest BCUT2D eigenvalue weighted by atomic mass is 35.5. The number of hydrogen-bond donors (Lipinski definition) is 1. The third-order valence-electron chi connectivity index (χ3n) is 5.37. The highest BCUT2D eigenvalue weighted by Gasteiger charge is 2.30. The third-order valence-corrected chi connectivity index (χ3v) is 6.73. The van der Waals surface area contributed by atoms with Crippen molar-refractivity contribution in [1.29, 1.82) is 0 Å². The minimum absolute atomic E-state index is 0.233. The average molecular weight is 475 g/mol. The number of amides is 1. The minimum atomic E-state index is -0.233. The molecule has 3 aromatic rings. The van der Waals surface area contributed by atoms with E-state index in [1.54, 1.807) is 28.2 Å². The molecule has 2 aromatic heterocycles. The number of nitrogens with zero attached hydrogens (tertiary/aromatic N) is 3. The highest BCUT2D eigenvalue weighted by Crippen LogP contribution is 2.35. The van der Waals surface area contributed by atoms with E-state index >= 15 is 0 Å². The number of hydrogen-bond acceptors (Lipinski definition) is 5. The normalized spacial score (nSPS) is 17.8. The summed E-state index contributed by atoms with van der Waals surface area (Å²) in [7, 11) is 0. The van der Waals surface area contributed by atoms with E-state index in [1.165, 1.54) is 0 Å². The molecule has 2 aliphatic heterocycles. The van der Waals surface area contributed by atoms with Gasteiger partial charge in [0.25, 0.3) is 5.91 Å². The first-order chi connectivity index (χ1) is 15.1. The standard InChI is InChI=1S/C22H20Cl2N4O2S/c23-15-5-6-19(18(24)11-15)28-21-14(10-16-4-3-9-31-16)12-30-13-17(21)20(25-28)22(29)26-27-7-1-2-8-27/h3-6,9-11H,1-2,7-8,12-13H2,(H,26,29)/b14-10+. The van der Waals surface area contributed by atoms with Gasteiger partial charge in [-0.1, -0.05) is 29.3 Å². The van der Waals surface area contributed by atoms with Crippen molar-refractivity contribution in [1.82, 2.24) is 20.2 Å². The van der Waals surface area contributed by atoms with Crippen molar-refractivity contribution >= 4 is 52.1 Å². The molecular formula is C22H20Cl2N4O2S. The van der Waals surface area contributed by atoms with Gasteiger partial charge < -0.3 is 4.74 Å². The average Bonchev–Trinajstić information content (AvgIpc) is 3.49. The maximum atomic E-state index is 13.1. The lowest BCUT2D eigenvalue weighted by molar-refractivity contribution is 0.0813. The van der Waals surface area contributed by atoms with E-state index in [4.69, 9.17) is 33.0 Å². The van der Waals surface area contributed by atoms with E-state index in [1.807, 2.05) is 28.6 Å². The van der Waals surface area contributed by atoms with Crippen LogP contribution in [0.25, 0.3) is 17.3 Å². The van der Waals surface area contributed by atoms with E-state index in [0.29, 0.717) is 34.6 Å². The van der Waals surface area contributed by atoms with Gasteiger partial charge in [0, 0.05) is 34.1 Å². The molecule has 0 atom stereocenters. The van der Waals surface area contributed by atoms with Crippen molar-refractivity contribution in [2.24, 2.45) is 0 Å². The number of rotatable bonds is 4. The number of ether oxygens (including phenoxy) is 1. The number of nitrogens with one attached hydrogen (secondary N) is 1. The van der Waals surface area contributed by atoms with Gasteiger partial charge in [0.05, 0.1) is 29.6 Å².